The second-order valence-electron chi connectivity index (χ2n) is 5.97. The number of hydrogen-bond acceptors (Lipinski definition) is 4. The van der Waals surface area contributed by atoms with E-state index < -0.39 is 5.82 Å². The van der Waals surface area contributed by atoms with E-state index in [0.717, 1.165) is 0 Å². The Morgan fingerprint density at radius 1 is 1.19 bits per heavy atom. The Morgan fingerprint density at radius 2 is 1.96 bits per heavy atom. The number of halogens is 3. The Morgan fingerprint density at radius 3 is 2.62 bits per heavy atom. The maximum Gasteiger partial charge on any atom is 0.261 e. The third-order valence-electron chi connectivity index (χ3n) is 3.77. The largest absolute Gasteiger partial charge is 0.308 e. The van der Waals surface area contributed by atoms with Gasteiger partial charge in [0, 0.05) is 18.1 Å². The van der Waals surface area contributed by atoms with Crippen LogP contribution in [-0.2, 0) is 0 Å². The number of thiazole rings is 1. The fourth-order valence-electron chi connectivity index (χ4n) is 2.41. The van der Waals surface area contributed by atoms with E-state index in [-0.39, 0.29) is 16.4 Å². The lowest BCUT2D eigenvalue weighted by Gasteiger charge is -2.22. The summed E-state index contributed by atoms with van der Waals surface area (Å²) in [5.41, 5.74) is 0.590. The minimum Gasteiger partial charge on any atom is -0.308 e. The summed E-state index contributed by atoms with van der Waals surface area (Å²) in [6.07, 6.45) is 0. The molecule has 0 N–H and O–H groups in total. The van der Waals surface area contributed by atoms with Crippen molar-refractivity contribution in [2.45, 2.75) is 0 Å². The van der Waals surface area contributed by atoms with Crippen molar-refractivity contribution in [3.63, 3.8) is 0 Å². The summed E-state index contributed by atoms with van der Waals surface area (Å²) in [6, 6.07) is 9.49. The Hall–Kier alpha value is -1.73. The van der Waals surface area contributed by atoms with E-state index >= 15 is 0 Å². The highest BCUT2D eigenvalue weighted by Gasteiger charge is 2.24. The van der Waals surface area contributed by atoms with E-state index in [4.69, 9.17) is 23.2 Å². The summed E-state index contributed by atoms with van der Waals surface area (Å²) in [7, 11) is 3.83. The number of rotatable bonds is 5. The molecule has 26 heavy (non-hydrogen) atoms. The highest BCUT2D eigenvalue weighted by atomic mass is 35.5. The SMILES string of the molecule is CN(C)CCN(C(=O)c1ccc(Cl)cc1Cl)c1nc2c(F)cccc2s1. The topological polar surface area (TPSA) is 36.4 Å². The predicted octanol–water partition coefficient (Wildman–Crippen LogP) is 4.95. The molecule has 2 aromatic carbocycles. The van der Waals surface area contributed by atoms with Gasteiger partial charge in [-0.2, -0.15) is 0 Å². The molecule has 0 saturated carbocycles. The number of aromatic nitrogens is 1. The molecule has 0 aliphatic heterocycles. The average molecular weight is 412 g/mol. The number of carbonyl (C=O) groups is 1. The second-order valence-corrected chi connectivity index (χ2v) is 7.82. The van der Waals surface area contributed by atoms with Crippen LogP contribution in [0.15, 0.2) is 36.4 Å². The number of anilines is 1. The normalized spacial score (nSPS) is 11.3. The van der Waals surface area contributed by atoms with Gasteiger partial charge >= 0.3 is 0 Å². The molecule has 0 aliphatic rings. The Kier molecular flexibility index (Phi) is 5.77. The van der Waals surface area contributed by atoms with E-state index in [2.05, 4.69) is 4.98 Å². The molecule has 0 radical (unpaired) electrons. The summed E-state index contributed by atoms with van der Waals surface area (Å²) in [4.78, 5) is 20.9. The molecular formula is C18H16Cl2FN3OS. The second kappa shape index (κ2) is 7.88. The van der Waals surface area contributed by atoms with Crippen LogP contribution in [0.3, 0.4) is 0 Å². The molecule has 0 fully saturated rings. The molecular weight excluding hydrogens is 396 g/mol. The first-order valence-electron chi connectivity index (χ1n) is 7.83. The number of fused-ring (bicyclic) bond motifs is 1. The van der Waals surface area contributed by atoms with Crippen molar-refractivity contribution in [1.29, 1.82) is 0 Å². The zero-order valence-corrected chi connectivity index (χ0v) is 16.5. The standard InChI is InChI=1S/C18H16Cl2FN3OS/c1-23(2)8-9-24(17(25)12-7-6-11(19)10-13(12)20)18-22-16-14(21)4-3-5-15(16)26-18/h3-7,10H,8-9H2,1-2H3. The first-order chi connectivity index (χ1) is 12.4. The van der Waals surface area contributed by atoms with Gasteiger partial charge in [-0.1, -0.05) is 40.6 Å². The predicted molar refractivity (Wildman–Crippen MR) is 106 cm³/mol. The van der Waals surface area contributed by atoms with Crippen molar-refractivity contribution in [2.24, 2.45) is 0 Å². The maximum absolute atomic E-state index is 14.0. The van der Waals surface area contributed by atoms with Crippen LogP contribution in [0.5, 0.6) is 0 Å². The maximum atomic E-state index is 14.0. The van der Waals surface area contributed by atoms with Gasteiger partial charge in [-0.3, -0.25) is 9.69 Å². The first kappa shape index (κ1) is 19.0. The van der Waals surface area contributed by atoms with Gasteiger partial charge in [-0.05, 0) is 44.4 Å². The van der Waals surface area contributed by atoms with Gasteiger partial charge in [0.15, 0.2) is 5.13 Å². The number of likely N-dealkylation sites (N-methyl/N-ethyl adjacent to an activating group) is 1. The van der Waals surface area contributed by atoms with Crippen LogP contribution < -0.4 is 4.90 Å². The van der Waals surface area contributed by atoms with Gasteiger partial charge < -0.3 is 4.90 Å². The average Bonchev–Trinajstić information content (AvgIpc) is 3.00. The number of nitrogens with zero attached hydrogens (tertiary/aromatic N) is 3. The fraction of sp³-hybridized carbons (Fsp3) is 0.222. The van der Waals surface area contributed by atoms with Crippen LogP contribution in [0.25, 0.3) is 10.2 Å². The van der Waals surface area contributed by atoms with Crippen LogP contribution in [0.2, 0.25) is 10.0 Å². The van der Waals surface area contributed by atoms with Gasteiger partial charge in [0.2, 0.25) is 0 Å². The van der Waals surface area contributed by atoms with Crippen molar-refractivity contribution in [1.82, 2.24) is 9.88 Å². The van der Waals surface area contributed by atoms with Gasteiger partial charge in [0.1, 0.15) is 11.3 Å². The van der Waals surface area contributed by atoms with Crippen LogP contribution in [0.1, 0.15) is 10.4 Å². The van der Waals surface area contributed by atoms with Crippen LogP contribution in [-0.4, -0.2) is 43.0 Å². The monoisotopic (exact) mass is 411 g/mol. The van der Waals surface area contributed by atoms with Crippen molar-refractivity contribution < 1.29 is 9.18 Å². The van der Waals surface area contributed by atoms with Crippen molar-refractivity contribution >= 4 is 55.8 Å². The Bertz CT molecular complexity index is 961. The lowest BCUT2D eigenvalue weighted by molar-refractivity contribution is 0.0985. The fourth-order valence-corrected chi connectivity index (χ4v) is 3.90. The quantitative estimate of drug-likeness (QED) is 0.595. The number of benzene rings is 2. The molecule has 8 heteroatoms. The molecule has 0 atom stereocenters. The molecule has 0 bridgehead atoms. The summed E-state index contributed by atoms with van der Waals surface area (Å²) >= 11 is 13.4. The first-order valence-corrected chi connectivity index (χ1v) is 9.41. The number of carbonyl (C=O) groups excluding carboxylic acids is 1. The van der Waals surface area contributed by atoms with Gasteiger partial charge in [0.05, 0.1) is 15.3 Å². The van der Waals surface area contributed by atoms with E-state index in [9.17, 15) is 9.18 Å². The molecule has 1 heterocycles. The molecule has 0 unspecified atom stereocenters. The van der Waals surface area contributed by atoms with Crippen molar-refractivity contribution in [3.05, 3.63) is 57.8 Å². The highest BCUT2D eigenvalue weighted by Crippen LogP contribution is 2.32. The zero-order chi connectivity index (χ0) is 18.8. The summed E-state index contributed by atoms with van der Waals surface area (Å²) < 4.78 is 14.7. The summed E-state index contributed by atoms with van der Waals surface area (Å²) in [6.45, 7) is 1.02. The van der Waals surface area contributed by atoms with E-state index in [0.29, 0.717) is 33.5 Å². The zero-order valence-electron chi connectivity index (χ0n) is 14.2. The molecule has 0 spiro atoms. The number of hydrogen-bond donors (Lipinski definition) is 0. The Labute approximate surface area is 164 Å². The minimum absolute atomic E-state index is 0.261. The third kappa shape index (κ3) is 3.99. The number of amides is 1. The molecule has 1 amide bonds. The Balaban J connectivity index is 2.03. The molecule has 3 aromatic rings. The molecule has 0 aliphatic carbocycles. The summed E-state index contributed by atoms with van der Waals surface area (Å²) in [5, 5.41) is 1.15. The van der Waals surface area contributed by atoms with Gasteiger partial charge in [-0.25, -0.2) is 9.37 Å². The third-order valence-corrected chi connectivity index (χ3v) is 5.36. The molecule has 0 saturated heterocycles. The van der Waals surface area contributed by atoms with E-state index in [1.165, 1.54) is 28.4 Å². The smallest absolute Gasteiger partial charge is 0.261 e. The van der Waals surface area contributed by atoms with Crippen molar-refractivity contribution in [3.8, 4) is 0 Å². The molecule has 1 aromatic heterocycles. The van der Waals surface area contributed by atoms with E-state index in [1.807, 2.05) is 19.0 Å². The van der Waals surface area contributed by atoms with Crippen LogP contribution >= 0.6 is 34.5 Å². The minimum atomic E-state index is -0.408. The lowest BCUT2D eigenvalue weighted by atomic mass is 10.2. The highest BCUT2D eigenvalue weighted by molar-refractivity contribution is 7.22. The van der Waals surface area contributed by atoms with Gasteiger partial charge in [-0.15, -0.1) is 0 Å². The molecule has 3 rings (SSSR count). The van der Waals surface area contributed by atoms with Crippen molar-refractivity contribution in [2.75, 3.05) is 32.1 Å². The van der Waals surface area contributed by atoms with Gasteiger partial charge in [0.25, 0.3) is 5.91 Å². The number of para-hydroxylation sites is 1. The molecule has 4 nitrogen and oxygen atoms in total. The van der Waals surface area contributed by atoms with Crippen LogP contribution in [0, 0.1) is 5.82 Å². The van der Waals surface area contributed by atoms with E-state index in [1.54, 1.807) is 24.3 Å². The lowest BCUT2D eigenvalue weighted by Crippen LogP contribution is -2.36. The van der Waals surface area contributed by atoms with Crippen LogP contribution in [0.4, 0.5) is 9.52 Å². The molecule has 136 valence electrons. The summed E-state index contributed by atoms with van der Waals surface area (Å²) in [5.74, 6) is -0.706.